The average molecular weight is 303 g/mol. The van der Waals surface area contributed by atoms with Crippen molar-refractivity contribution < 1.29 is 23.2 Å². The molecule has 110 valence electrons. The zero-order valence-electron chi connectivity index (χ0n) is 10.4. The number of ether oxygens (including phenoxy) is 1. The molecular formula is C10H13N3O6S. The first-order valence-corrected chi connectivity index (χ1v) is 7.21. The summed E-state index contributed by atoms with van der Waals surface area (Å²) >= 11 is 0. The third-order valence-corrected chi connectivity index (χ3v) is 4.09. The molecule has 1 heterocycles. The van der Waals surface area contributed by atoms with E-state index in [9.17, 15) is 23.6 Å². The molecule has 1 aliphatic rings. The Morgan fingerprint density at radius 3 is 2.60 bits per heavy atom. The molecule has 9 nitrogen and oxygen atoms in total. The standard InChI is InChI=1S/C10H13N3O6S/c14-10-2-1-8(7-9(10)13(15)16)20(17,18)11-12-3-5-19-6-4-12/h1-2,7,11,14H,3-6H2. The first kappa shape index (κ1) is 14.7. The quantitative estimate of drug-likeness (QED) is 0.584. The number of phenolic OH excluding ortho intramolecular Hbond substituents is 1. The third-order valence-electron chi connectivity index (χ3n) is 2.71. The number of nitrogens with one attached hydrogen (secondary N) is 1. The Morgan fingerprint density at radius 2 is 2.00 bits per heavy atom. The number of hydrogen-bond acceptors (Lipinski definition) is 7. The Morgan fingerprint density at radius 1 is 1.35 bits per heavy atom. The Bertz CT molecular complexity index is 611. The predicted octanol–water partition coefficient (Wildman–Crippen LogP) is -0.174. The van der Waals surface area contributed by atoms with Gasteiger partial charge in [-0.05, 0) is 12.1 Å². The van der Waals surface area contributed by atoms with Crippen LogP contribution >= 0.6 is 0 Å². The summed E-state index contributed by atoms with van der Waals surface area (Å²) in [6.07, 6.45) is 0. The van der Waals surface area contributed by atoms with Crippen LogP contribution < -0.4 is 4.83 Å². The summed E-state index contributed by atoms with van der Waals surface area (Å²) in [5, 5.41) is 21.5. The molecular weight excluding hydrogens is 290 g/mol. The molecule has 10 heteroatoms. The van der Waals surface area contributed by atoms with Gasteiger partial charge in [0.15, 0.2) is 5.75 Å². The smallest absolute Gasteiger partial charge is 0.312 e. The average Bonchev–Trinajstić information content (AvgIpc) is 2.39. The third kappa shape index (κ3) is 3.22. The van der Waals surface area contributed by atoms with Crippen molar-refractivity contribution in [2.24, 2.45) is 0 Å². The van der Waals surface area contributed by atoms with E-state index in [1.54, 1.807) is 0 Å². The lowest BCUT2D eigenvalue weighted by Gasteiger charge is -2.26. The second-order valence-corrected chi connectivity index (χ2v) is 5.76. The summed E-state index contributed by atoms with van der Waals surface area (Å²) in [5.74, 6) is -0.583. The molecule has 0 saturated carbocycles. The Balaban J connectivity index is 2.24. The second kappa shape index (κ2) is 5.71. The molecule has 0 radical (unpaired) electrons. The molecule has 20 heavy (non-hydrogen) atoms. The van der Waals surface area contributed by atoms with Crippen LogP contribution in [-0.4, -0.2) is 49.8 Å². The Labute approximate surface area is 114 Å². The summed E-state index contributed by atoms with van der Waals surface area (Å²) in [6.45, 7) is 1.58. The zero-order valence-corrected chi connectivity index (χ0v) is 11.2. The van der Waals surface area contributed by atoms with Crippen molar-refractivity contribution in [3.63, 3.8) is 0 Å². The number of nitro groups is 1. The van der Waals surface area contributed by atoms with E-state index in [0.29, 0.717) is 26.3 Å². The molecule has 1 saturated heterocycles. The maximum atomic E-state index is 12.1. The van der Waals surface area contributed by atoms with Crippen LogP contribution in [0.3, 0.4) is 0 Å². The zero-order chi connectivity index (χ0) is 14.8. The highest BCUT2D eigenvalue weighted by Crippen LogP contribution is 2.28. The highest BCUT2D eigenvalue weighted by molar-refractivity contribution is 7.89. The van der Waals surface area contributed by atoms with Crippen molar-refractivity contribution in [1.29, 1.82) is 0 Å². The molecule has 1 aliphatic heterocycles. The minimum atomic E-state index is -3.93. The van der Waals surface area contributed by atoms with Gasteiger partial charge >= 0.3 is 5.69 Å². The summed E-state index contributed by atoms with van der Waals surface area (Å²) in [6, 6.07) is 2.90. The fourth-order valence-corrected chi connectivity index (χ4v) is 2.84. The van der Waals surface area contributed by atoms with Crippen LogP contribution in [0.2, 0.25) is 0 Å². The number of nitro benzene ring substituents is 1. The van der Waals surface area contributed by atoms with Gasteiger partial charge in [0.1, 0.15) is 0 Å². The summed E-state index contributed by atoms with van der Waals surface area (Å²) in [7, 11) is -3.93. The van der Waals surface area contributed by atoms with Crippen molar-refractivity contribution in [2.75, 3.05) is 26.3 Å². The molecule has 2 rings (SSSR count). The number of benzene rings is 1. The van der Waals surface area contributed by atoms with Gasteiger partial charge in [-0.3, -0.25) is 10.1 Å². The topological polar surface area (TPSA) is 122 Å². The van der Waals surface area contributed by atoms with Crippen LogP contribution in [0.1, 0.15) is 0 Å². The first-order chi connectivity index (χ1) is 9.40. The molecule has 0 aromatic heterocycles. The van der Waals surface area contributed by atoms with E-state index >= 15 is 0 Å². The van der Waals surface area contributed by atoms with Crippen LogP contribution in [0, 0.1) is 10.1 Å². The normalized spacial score (nSPS) is 17.0. The number of hydrazine groups is 1. The lowest BCUT2D eigenvalue weighted by molar-refractivity contribution is -0.386. The first-order valence-electron chi connectivity index (χ1n) is 5.73. The van der Waals surface area contributed by atoms with E-state index in [1.165, 1.54) is 5.01 Å². The van der Waals surface area contributed by atoms with E-state index in [1.807, 2.05) is 0 Å². The van der Waals surface area contributed by atoms with Gasteiger partial charge in [0, 0.05) is 19.2 Å². The van der Waals surface area contributed by atoms with Gasteiger partial charge in [-0.25, -0.2) is 13.4 Å². The van der Waals surface area contributed by atoms with E-state index in [0.717, 1.165) is 18.2 Å². The molecule has 1 aromatic rings. The van der Waals surface area contributed by atoms with E-state index < -0.39 is 26.4 Å². The number of aromatic hydroxyl groups is 1. The number of rotatable bonds is 4. The SMILES string of the molecule is O=[N+]([O-])c1cc(S(=O)(=O)NN2CCOCC2)ccc1O. The molecule has 0 unspecified atom stereocenters. The number of hydrogen-bond donors (Lipinski definition) is 2. The summed E-state index contributed by atoms with van der Waals surface area (Å²) < 4.78 is 29.3. The lowest BCUT2D eigenvalue weighted by atomic mass is 10.3. The van der Waals surface area contributed by atoms with Crippen LogP contribution in [0.25, 0.3) is 0 Å². The fourth-order valence-electron chi connectivity index (χ4n) is 1.69. The van der Waals surface area contributed by atoms with Gasteiger partial charge in [-0.1, -0.05) is 0 Å². The molecule has 1 fully saturated rings. The highest BCUT2D eigenvalue weighted by Gasteiger charge is 2.24. The second-order valence-electron chi connectivity index (χ2n) is 4.10. The van der Waals surface area contributed by atoms with Crippen LogP contribution in [0.4, 0.5) is 5.69 Å². The van der Waals surface area contributed by atoms with Gasteiger partial charge in [0.2, 0.25) is 0 Å². The van der Waals surface area contributed by atoms with Crippen molar-refractivity contribution >= 4 is 15.7 Å². The maximum Gasteiger partial charge on any atom is 0.312 e. The van der Waals surface area contributed by atoms with Crippen molar-refractivity contribution in [2.45, 2.75) is 4.90 Å². The van der Waals surface area contributed by atoms with E-state index in [2.05, 4.69) is 4.83 Å². The summed E-state index contributed by atoms with van der Waals surface area (Å²) in [5.41, 5.74) is -0.658. The number of nitrogens with zero attached hydrogens (tertiary/aromatic N) is 2. The largest absolute Gasteiger partial charge is 0.502 e. The van der Waals surface area contributed by atoms with Gasteiger partial charge < -0.3 is 9.84 Å². The predicted molar refractivity (Wildman–Crippen MR) is 67.5 cm³/mol. The van der Waals surface area contributed by atoms with Gasteiger partial charge in [-0.15, -0.1) is 4.83 Å². The van der Waals surface area contributed by atoms with Crippen molar-refractivity contribution in [3.05, 3.63) is 28.3 Å². The maximum absolute atomic E-state index is 12.1. The lowest BCUT2D eigenvalue weighted by Crippen LogP contribution is -2.48. The van der Waals surface area contributed by atoms with Crippen molar-refractivity contribution in [3.8, 4) is 5.75 Å². The molecule has 0 aliphatic carbocycles. The van der Waals surface area contributed by atoms with Crippen molar-refractivity contribution in [1.82, 2.24) is 9.84 Å². The van der Waals surface area contributed by atoms with Crippen LogP contribution in [-0.2, 0) is 14.8 Å². The molecule has 2 N–H and O–H groups in total. The highest BCUT2D eigenvalue weighted by atomic mass is 32.2. The Kier molecular flexibility index (Phi) is 4.18. The summed E-state index contributed by atoms with van der Waals surface area (Å²) in [4.78, 5) is 11.9. The van der Waals surface area contributed by atoms with Gasteiger partial charge in [0.05, 0.1) is 23.0 Å². The van der Waals surface area contributed by atoms with Gasteiger partial charge in [0.25, 0.3) is 10.0 Å². The number of morpholine rings is 1. The monoisotopic (exact) mass is 303 g/mol. The minimum absolute atomic E-state index is 0.284. The number of sulfonamides is 1. The fraction of sp³-hybridized carbons (Fsp3) is 0.400. The van der Waals surface area contributed by atoms with Gasteiger partial charge in [-0.2, -0.15) is 0 Å². The molecule has 0 amide bonds. The Hall–Kier alpha value is -1.75. The van der Waals surface area contributed by atoms with Crippen LogP contribution in [0.15, 0.2) is 23.1 Å². The van der Waals surface area contributed by atoms with E-state index in [-0.39, 0.29) is 4.90 Å². The van der Waals surface area contributed by atoms with E-state index in [4.69, 9.17) is 4.74 Å². The molecule has 0 spiro atoms. The molecule has 0 bridgehead atoms. The number of phenols is 1. The van der Waals surface area contributed by atoms with Crippen LogP contribution in [0.5, 0.6) is 5.75 Å². The molecule has 0 atom stereocenters. The molecule has 1 aromatic carbocycles. The minimum Gasteiger partial charge on any atom is -0.502 e.